The zero-order valence-corrected chi connectivity index (χ0v) is 25.1. The Labute approximate surface area is 253 Å². The molecular weight excluding hydrogens is 585 g/mol. The average Bonchev–Trinajstić information content (AvgIpc) is 3.47. The summed E-state index contributed by atoms with van der Waals surface area (Å²) in [6, 6.07) is 3.34. The minimum atomic E-state index is -4.53. The molecule has 4 N–H and O–H groups in total. The lowest BCUT2D eigenvalue weighted by Gasteiger charge is -2.48. The molecule has 1 aliphatic carbocycles. The van der Waals surface area contributed by atoms with Gasteiger partial charge in [-0.15, -0.1) is 0 Å². The molecule has 2 amide bonds. The van der Waals surface area contributed by atoms with Crippen molar-refractivity contribution >= 4 is 29.3 Å². The molecule has 5 rings (SSSR count). The minimum absolute atomic E-state index is 0.0121. The lowest BCUT2D eigenvalue weighted by molar-refractivity contribution is -0.137. The Morgan fingerprint density at radius 3 is 2.56 bits per heavy atom. The van der Waals surface area contributed by atoms with Gasteiger partial charge in [-0.05, 0) is 81.5 Å². The van der Waals surface area contributed by atoms with Gasteiger partial charge in [0.15, 0.2) is 0 Å². The first-order valence-electron chi connectivity index (χ1n) is 14.3. The second-order valence-corrected chi connectivity index (χ2v) is 13.3. The maximum absolute atomic E-state index is 13.3. The number of aliphatic imine (C=N–C) groups is 1. The number of allylic oxidation sites excluding steroid dienone is 1. The number of nitrogens with zero attached hydrogens (tertiary/aromatic N) is 4. The lowest BCUT2D eigenvalue weighted by atomic mass is 9.56. The van der Waals surface area contributed by atoms with Crippen molar-refractivity contribution in [2.75, 3.05) is 19.6 Å². The van der Waals surface area contributed by atoms with E-state index in [4.69, 9.17) is 27.8 Å². The van der Waals surface area contributed by atoms with Crippen LogP contribution in [0.15, 0.2) is 46.9 Å². The predicted octanol–water partition coefficient (Wildman–Crippen LogP) is 5.15. The highest BCUT2D eigenvalue weighted by molar-refractivity contribution is 6.30. The molecule has 1 saturated heterocycles. The van der Waals surface area contributed by atoms with Crippen LogP contribution in [0.25, 0.3) is 0 Å². The maximum Gasteiger partial charge on any atom is 0.416 e. The molecule has 1 atom stereocenters. The minimum Gasteiger partial charge on any atom is -0.444 e. The molecular formula is C30H36ClF3N6O3. The van der Waals surface area contributed by atoms with Crippen molar-refractivity contribution in [2.45, 2.75) is 64.8 Å². The molecule has 2 aromatic rings. The first-order chi connectivity index (χ1) is 20.0. The van der Waals surface area contributed by atoms with E-state index >= 15 is 0 Å². The van der Waals surface area contributed by atoms with Gasteiger partial charge in [0.2, 0.25) is 0 Å². The fourth-order valence-electron chi connectivity index (χ4n) is 6.61. The summed E-state index contributed by atoms with van der Waals surface area (Å²) < 4.78 is 46.8. The molecule has 9 nitrogen and oxygen atoms in total. The Balaban J connectivity index is 1.30. The largest absolute Gasteiger partial charge is 0.444 e. The molecule has 13 heteroatoms. The van der Waals surface area contributed by atoms with Crippen LogP contribution in [0.2, 0.25) is 5.02 Å². The Kier molecular flexibility index (Phi) is 8.04. The third kappa shape index (κ3) is 6.68. The first kappa shape index (κ1) is 30.9. The molecule has 232 valence electrons. The van der Waals surface area contributed by atoms with Gasteiger partial charge < -0.3 is 21.1 Å². The maximum atomic E-state index is 13.3. The van der Waals surface area contributed by atoms with E-state index in [1.54, 1.807) is 11.1 Å². The van der Waals surface area contributed by atoms with E-state index in [2.05, 4.69) is 10.1 Å². The van der Waals surface area contributed by atoms with Crippen LogP contribution < -0.4 is 11.5 Å². The van der Waals surface area contributed by atoms with Crippen molar-refractivity contribution in [1.82, 2.24) is 14.7 Å². The highest BCUT2D eigenvalue weighted by Gasteiger charge is 2.52. The van der Waals surface area contributed by atoms with Crippen molar-refractivity contribution in [1.29, 1.82) is 0 Å². The molecule has 2 fully saturated rings. The SMILES string of the molecule is CC(C)(C)OC(=O)N1CCC2(CC([C@H]3CCN=C(c4cnn(Cc5cc(Cl)cc(C(F)(F)F)c5)c4)C(C(N)=O)=C3N)C2)C1. The summed E-state index contributed by atoms with van der Waals surface area (Å²) >= 11 is 5.93. The molecule has 1 saturated carbocycles. The van der Waals surface area contributed by atoms with Crippen LogP contribution in [0, 0.1) is 17.3 Å². The normalized spacial score (nSPS) is 24.5. The van der Waals surface area contributed by atoms with Gasteiger partial charge in [-0.25, -0.2) is 4.79 Å². The molecule has 1 spiro atoms. The summed E-state index contributed by atoms with van der Waals surface area (Å²) in [5.74, 6) is -0.588. The smallest absolute Gasteiger partial charge is 0.416 e. The van der Waals surface area contributed by atoms with E-state index in [-0.39, 0.29) is 40.5 Å². The Morgan fingerprint density at radius 2 is 1.91 bits per heavy atom. The Hall–Kier alpha value is -3.54. The molecule has 0 radical (unpaired) electrons. The zero-order valence-electron chi connectivity index (χ0n) is 24.4. The van der Waals surface area contributed by atoms with E-state index < -0.39 is 23.2 Å². The van der Waals surface area contributed by atoms with E-state index in [0.29, 0.717) is 48.6 Å². The van der Waals surface area contributed by atoms with Crippen LogP contribution >= 0.6 is 11.6 Å². The van der Waals surface area contributed by atoms with E-state index in [0.717, 1.165) is 31.4 Å². The van der Waals surface area contributed by atoms with Gasteiger partial charge in [-0.1, -0.05) is 11.6 Å². The molecule has 43 heavy (non-hydrogen) atoms. The van der Waals surface area contributed by atoms with Gasteiger partial charge in [-0.2, -0.15) is 18.3 Å². The first-order valence-corrected chi connectivity index (χ1v) is 14.6. The summed E-state index contributed by atoms with van der Waals surface area (Å²) in [4.78, 5) is 31.7. The summed E-state index contributed by atoms with van der Waals surface area (Å²) in [5.41, 5.74) is 12.8. The number of primary amides is 1. The van der Waals surface area contributed by atoms with Crippen LogP contribution in [-0.4, -0.2) is 57.6 Å². The molecule has 3 heterocycles. The summed E-state index contributed by atoms with van der Waals surface area (Å²) in [5, 5.41) is 4.25. The lowest BCUT2D eigenvalue weighted by Crippen LogP contribution is -2.45. The molecule has 3 aliphatic rings. The average molecular weight is 621 g/mol. The van der Waals surface area contributed by atoms with Gasteiger partial charge >= 0.3 is 12.3 Å². The van der Waals surface area contributed by atoms with Crippen LogP contribution in [0.1, 0.15) is 63.1 Å². The third-order valence-electron chi connectivity index (χ3n) is 8.47. The summed E-state index contributed by atoms with van der Waals surface area (Å²) in [7, 11) is 0. The number of alkyl halides is 3. The van der Waals surface area contributed by atoms with Gasteiger partial charge in [0.05, 0.1) is 29.6 Å². The number of aromatic nitrogens is 2. The quantitative estimate of drug-likeness (QED) is 0.478. The zero-order chi connectivity index (χ0) is 31.3. The summed E-state index contributed by atoms with van der Waals surface area (Å²) in [6.45, 7) is 7.27. The highest BCUT2D eigenvalue weighted by Crippen LogP contribution is 2.56. The fraction of sp³-hybridized carbons (Fsp3) is 0.533. The van der Waals surface area contributed by atoms with Gasteiger partial charge in [0.25, 0.3) is 5.91 Å². The number of amides is 2. The fourth-order valence-corrected chi connectivity index (χ4v) is 6.87. The topological polar surface area (TPSA) is 129 Å². The molecule has 2 aliphatic heterocycles. The van der Waals surface area contributed by atoms with E-state index in [1.807, 2.05) is 20.8 Å². The number of hydrogen-bond donors (Lipinski definition) is 2. The van der Waals surface area contributed by atoms with Crippen molar-refractivity contribution in [2.24, 2.45) is 33.7 Å². The second kappa shape index (κ2) is 11.2. The molecule has 1 aromatic carbocycles. The van der Waals surface area contributed by atoms with E-state index in [1.165, 1.54) is 16.9 Å². The van der Waals surface area contributed by atoms with Crippen LogP contribution in [0.3, 0.4) is 0 Å². The highest BCUT2D eigenvalue weighted by atomic mass is 35.5. The van der Waals surface area contributed by atoms with Crippen LogP contribution in [0.5, 0.6) is 0 Å². The number of carbonyl (C=O) groups excluding carboxylic acids is 2. The van der Waals surface area contributed by atoms with Crippen LogP contribution in [0.4, 0.5) is 18.0 Å². The van der Waals surface area contributed by atoms with Gasteiger partial charge in [-0.3, -0.25) is 14.5 Å². The molecule has 0 bridgehead atoms. The second-order valence-electron chi connectivity index (χ2n) is 12.9. The number of nitrogens with two attached hydrogens (primary N) is 2. The number of rotatable bonds is 5. The van der Waals surface area contributed by atoms with Crippen molar-refractivity contribution in [3.05, 3.63) is 63.6 Å². The van der Waals surface area contributed by atoms with Crippen molar-refractivity contribution in [3.8, 4) is 0 Å². The molecule has 0 unspecified atom stereocenters. The number of carbonyl (C=O) groups is 2. The number of likely N-dealkylation sites (tertiary alicyclic amines) is 1. The van der Waals surface area contributed by atoms with E-state index in [9.17, 15) is 22.8 Å². The number of hydrogen-bond acceptors (Lipinski definition) is 6. The van der Waals surface area contributed by atoms with Crippen molar-refractivity contribution in [3.63, 3.8) is 0 Å². The number of ether oxygens (including phenoxy) is 1. The summed E-state index contributed by atoms with van der Waals surface area (Å²) in [6.07, 6.45) is 1.53. The van der Waals surface area contributed by atoms with Gasteiger partial charge in [0, 0.05) is 48.0 Å². The van der Waals surface area contributed by atoms with Crippen molar-refractivity contribution < 1.29 is 27.5 Å². The third-order valence-corrected chi connectivity index (χ3v) is 8.69. The number of benzene rings is 1. The standard InChI is InChI=1S/C30H36ClF3N6O3/c1-28(2,3)43-27(42)39-7-5-29(16-39)11-18(12-29)22-4-6-37-25(23(24(22)35)26(36)41)19-13-38-40(15-19)14-17-8-20(30(32,33)34)10-21(31)9-17/h8-10,13,15,18,22H,4-7,11-12,14,16,35H2,1-3H3,(H2,36,41)/t18?,22-,29?/m1/s1. The predicted molar refractivity (Wildman–Crippen MR) is 155 cm³/mol. The molecule has 1 aromatic heterocycles. The number of halogens is 4. The van der Waals surface area contributed by atoms with Crippen LogP contribution in [-0.2, 0) is 22.3 Å². The Bertz CT molecular complexity index is 1490. The van der Waals surface area contributed by atoms with Gasteiger partial charge in [0.1, 0.15) is 5.60 Å². The Morgan fingerprint density at radius 1 is 1.19 bits per heavy atom. The monoisotopic (exact) mass is 620 g/mol.